The first kappa shape index (κ1) is 75.7. The van der Waals surface area contributed by atoms with Gasteiger partial charge in [-0.3, -0.25) is 49.6 Å². The molecular formula is C85H110N12O14. The van der Waals surface area contributed by atoms with Crippen molar-refractivity contribution < 1.29 is 68.8 Å². The zero-order chi connectivity index (χ0) is 78.3. The Morgan fingerprint density at radius 2 is 1.02 bits per heavy atom. The number of methoxy groups -OCH3 is 4. The molecule has 26 nitrogen and oxygen atoms in total. The number of ether oxygens (including phenoxy) is 4. The van der Waals surface area contributed by atoms with Crippen molar-refractivity contribution >= 4 is 56.9 Å². The number of nitrogens with two attached hydrogens (primary N) is 2. The van der Waals surface area contributed by atoms with Gasteiger partial charge in [0, 0.05) is 161 Å². The second kappa shape index (κ2) is 26.6. The summed E-state index contributed by atoms with van der Waals surface area (Å²) in [6.07, 6.45) is 11.4. The molecule has 26 heteroatoms. The van der Waals surface area contributed by atoms with Crippen molar-refractivity contribution in [2.45, 2.75) is 185 Å². The highest BCUT2D eigenvalue weighted by atomic mass is 16.5. The van der Waals surface area contributed by atoms with Crippen molar-refractivity contribution in [1.29, 1.82) is 0 Å². The third-order valence-electron chi connectivity index (χ3n) is 30.3. The van der Waals surface area contributed by atoms with Gasteiger partial charge in [0.05, 0.1) is 51.7 Å². The van der Waals surface area contributed by atoms with Gasteiger partial charge in [-0.1, -0.05) is 88.4 Å². The zero-order valence-electron chi connectivity index (χ0n) is 65.3. The third-order valence-corrected chi connectivity index (χ3v) is 30.3. The number of hydrogen-bond donors (Lipinski definition) is 13. The molecule has 15 N–H and O–H groups in total. The van der Waals surface area contributed by atoms with Crippen LogP contribution in [0.3, 0.4) is 0 Å². The predicted octanol–water partition coefficient (Wildman–Crippen LogP) is 4.45. The van der Waals surface area contributed by atoms with E-state index in [1.165, 1.54) is 14.2 Å². The average molecular weight is 1520 g/mol. The van der Waals surface area contributed by atoms with Gasteiger partial charge >= 0.3 is 11.9 Å². The second-order valence-corrected chi connectivity index (χ2v) is 34.8. The fraction of sp³-hybridized carbons (Fsp3) is 0.576. The van der Waals surface area contributed by atoms with Crippen LogP contribution in [0.25, 0.3) is 21.8 Å². The van der Waals surface area contributed by atoms with Gasteiger partial charge in [-0.25, -0.2) is 11.7 Å². The molecule has 2 aromatic heterocycles. The number of rotatable bonds is 12. The van der Waals surface area contributed by atoms with Crippen molar-refractivity contribution in [1.82, 2.24) is 40.4 Å². The molecule has 111 heavy (non-hydrogen) atoms. The van der Waals surface area contributed by atoms with Crippen LogP contribution in [0.15, 0.2) is 97.1 Å². The van der Waals surface area contributed by atoms with Crippen LogP contribution >= 0.6 is 0 Å². The number of likely N-dealkylation sites (N-methyl/N-ethyl adjacent to an activating group) is 1. The maximum atomic E-state index is 15.2. The number of aromatic amines is 2. The highest BCUT2D eigenvalue weighted by Crippen LogP contribution is 2.70. The number of piperidine rings is 2. The van der Waals surface area contributed by atoms with Gasteiger partial charge in [0.15, 0.2) is 11.2 Å². The second-order valence-electron chi connectivity index (χ2n) is 34.8. The summed E-state index contributed by atoms with van der Waals surface area (Å²) in [6.45, 7) is 14.7. The molecule has 20 atom stereocenters. The van der Waals surface area contributed by atoms with Crippen LogP contribution in [0.2, 0.25) is 0 Å². The molecule has 6 fully saturated rings. The van der Waals surface area contributed by atoms with Crippen LogP contribution in [0.5, 0.6) is 11.5 Å². The number of amides is 2. The number of aliphatic hydroxyl groups excluding tert-OH is 2. The summed E-state index contributed by atoms with van der Waals surface area (Å²) in [4.78, 5) is 77.1. The number of esters is 2. The average Bonchev–Trinajstić information content (AvgIpc) is 1.50. The van der Waals surface area contributed by atoms with Crippen LogP contribution < -0.4 is 42.2 Å². The summed E-state index contributed by atoms with van der Waals surface area (Å²) < 4.78 is 24.4. The number of nitrogens with one attached hydrogen (secondary N) is 5. The molecule has 4 bridgehead atoms. The van der Waals surface area contributed by atoms with Gasteiger partial charge in [0.25, 0.3) is 11.8 Å². The first-order chi connectivity index (χ1) is 53.2. The Morgan fingerprint density at radius 3 is 1.50 bits per heavy atom. The number of benzene rings is 4. The number of anilines is 2. The van der Waals surface area contributed by atoms with E-state index < -0.39 is 103 Å². The van der Waals surface area contributed by atoms with E-state index in [0.717, 1.165) is 74.2 Å². The van der Waals surface area contributed by atoms with E-state index >= 15 is 9.59 Å². The summed E-state index contributed by atoms with van der Waals surface area (Å²) in [5.41, 5.74) is 1.17. The number of carbonyl (C=O) groups excluding carboxylic acids is 4. The van der Waals surface area contributed by atoms with E-state index in [1.807, 2.05) is 112 Å². The fourth-order valence-corrected chi connectivity index (χ4v) is 25.8. The standard InChI is InChI=1S/C43H56N6O7.C42H54N6O7/c1-6-39(53)21-25-22-42(38(52)56-5,33-27(13-17-48(23-25)24-39)26-11-8-9-12-30(26)45-33)29-19-28-31(20-32(29)55-4)47(3)35-41(28)15-18-49-16-10-14-40(7-2,34(41)49)36(50)43(35,54)37(51)46-44;1-5-38(52)20-24-21-41(37(51)55-4,32-26(12-16-47(22-24)23-38)25-10-7-8-11-29(25)44-32)28-18-27-30(19-31(28)54-3)45-33-40(27)14-17-48-15-9-13-39(6-2,34(40)48)35(49)42(33,53)36(50)46-43/h8-12,14,19-20,25,34-36,45,50,53-54H,6-7,13,15-18,21-24,44H2,1-5H3,(H,46,51);7-11,13,18-19,24,33-35,44-45,49,52-53H,5-6,12,14-17,20-23,43H2,1-4H3,(H,46,50)/t25-,34-,35+,36+,39-,40+,41+,42-,43-;24-,33+,34-,35+,38-,39+,40-,41-,42-/m00/s1. The minimum Gasteiger partial charge on any atom is -0.496 e. The van der Waals surface area contributed by atoms with Crippen LogP contribution in [-0.2, 0) is 63.2 Å². The van der Waals surface area contributed by atoms with Gasteiger partial charge < -0.3 is 69.8 Å². The normalized spacial score (nSPS) is 38.6. The Morgan fingerprint density at radius 1 is 0.559 bits per heavy atom. The molecule has 0 radical (unpaired) electrons. The fourth-order valence-electron chi connectivity index (χ4n) is 25.8. The van der Waals surface area contributed by atoms with Crippen molar-refractivity contribution in [3.63, 3.8) is 0 Å². The number of hydrazine groups is 2. The van der Waals surface area contributed by atoms with E-state index in [-0.39, 0.29) is 23.9 Å². The van der Waals surface area contributed by atoms with Crippen LogP contribution in [0, 0.1) is 22.7 Å². The zero-order valence-corrected chi connectivity index (χ0v) is 65.3. The number of para-hydroxylation sites is 2. The molecule has 2 amide bonds. The van der Waals surface area contributed by atoms with Gasteiger partial charge in [0.1, 0.15) is 34.5 Å². The molecule has 594 valence electrons. The monoisotopic (exact) mass is 1520 g/mol. The lowest BCUT2D eigenvalue weighted by molar-refractivity contribution is -0.203. The first-order valence-corrected chi connectivity index (χ1v) is 40.1. The SMILES string of the molecule is CC[C@]1(O)C[C@@H]2CN(CCc3c([nH]c4ccccc34)[C@@](C(=O)OC)(c3cc4c(cc3OC)N(C)[C@H]3[C@@](O)(C(=O)NN)[C@H](O)[C@]5(CC)C=CCN6CC[C@]43[C@@H]65)C2)C1.CC[C@]1(O)C[C@@H]2CN(CCc3c([nH]c4ccccc34)[C@@](C(=O)OC)(c3cc4c(cc3OC)N[C@H]3[C@@](O)(C(=O)NN)[C@H](O)[C@]5(CC)C=CCN6CC[C@]43[C@@H]65)C2)C1. The molecule has 12 heterocycles. The third kappa shape index (κ3) is 9.97. The van der Waals surface area contributed by atoms with E-state index in [2.05, 4.69) is 70.0 Å². The number of aliphatic hydroxyl groups is 6. The number of fused-ring (bicyclic) bond motifs is 12. The van der Waals surface area contributed by atoms with Crippen LogP contribution in [-0.4, -0.2) is 244 Å². The Labute approximate surface area is 647 Å². The van der Waals surface area contributed by atoms with Gasteiger partial charge in [-0.05, 0) is 148 Å². The minimum atomic E-state index is -2.32. The van der Waals surface area contributed by atoms with Crippen molar-refractivity contribution in [3.8, 4) is 11.5 Å². The molecule has 10 aliphatic heterocycles. The van der Waals surface area contributed by atoms with Gasteiger partial charge in [0.2, 0.25) is 0 Å². The Bertz CT molecular complexity index is 4840. The summed E-state index contributed by atoms with van der Waals surface area (Å²) in [7, 11) is 7.90. The molecule has 4 saturated heterocycles. The maximum absolute atomic E-state index is 15.2. The van der Waals surface area contributed by atoms with Gasteiger partial charge in [-0.2, -0.15) is 0 Å². The van der Waals surface area contributed by atoms with Crippen LogP contribution in [0.4, 0.5) is 11.4 Å². The quantitative estimate of drug-likeness (QED) is 0.0265. The molecule has 2 saturated carbocycles. The summed E-state index contributed by atoms with van der Waals surface area (Å²) in [5, 5.41) is 79.7. The predicted molar refractivity (Wildman–Crippen MR) is 418 cm³/mol. The number of H-pyrrole nitrogens is 2. The smallest absolute Gasteiger partial charge is 0.322 e. The molecule has 18 rings (SSSR count). The number of hydrogen-bond acceptors (Lipinski definition) is 22. The Balaban J connectivity index is 0.000000161. The van der Waals surface area contributed by atoms with Gasteiger partial charge in [-0.15, -0.1) is 0 Å². The Hall–Kier alpha value is -7.96. The molecule has 2 unspecified atom stereocenters. The summed E-state index contributed by atoms with van der Waals surface area (Å²) >= 11 is 0. The molecule has 4 aromatic carbocycles. The number of carbonyl (C=O) groups is 4. The lowest BCUT2D eigenvalue weighted by atomic mass is 9.47. The van der Waals surface area contributed by atoms with E-state index in [1.54, 1.807) is 14.2 Å². The lowest BCUT2D eigenvalue weighted by Gasteiger charge is -2.63. The minimum absolute atomic E-state index is 0.0847. The molecule has 12 aliphatic rings. The van der Waals surface area contributed by atoms with Crippen molar-refractivity contribution in [3.05, 3.63) is 142 Å². The summed E-state index contributed by atoms with van der Waals surface area (Å²) in [5.74, 6) is 9.78. The first-order valence-electron chi connectivity index (χ1n) is 40.1. The molecule has 2 spiro atoms. The van der Waals surface area contributed by atoms with E-state index in [4.69, 9.17) is 30.6 Å². The topological polar surface area (TPSA) is 362 Å². The van der Waals surface area contributed by atoms with Crippen molar-refractivity contribution in [2.75, 3.05) is 111 Å². The number of aromatic nitrogens is 2. The Kier molecular flexibility index (Phi) is 18.1. The van der Waals surface area contributed by atoms with E-state index in [9.17, 15) is 40.2 Å². The highest BCUT2D eigenvalue weighted by molar-refractivity contribution is 5.97. The van der Waals surface area contributed by atoms with E-state index in [0.29, 0.717) is 158 Å². The highest BCUT2D eigenvalue weighted by Gasteiger charge is 2.80. The van der Waals surface area contributed by atoms with Crippen molar-refractivity contribution in [2.24, 2.45) is 34.4 Å². The molecule has 6 aromatic rings. The molecule has 2 aliphatic carbocycles. The summed E-state index contributed by atoms with van der Waals surface area (Å²) in [6, 6.07) is 21.8. The number of nitrogens with zero attached hydrogens (tertiary/aromatic N) is 5. The lowest BCUT2D eigenvalue weighted by Crippen LogP contribution is -2.82. The van der Waals surface area contributed by atoms with Crippen LogP contribution in [0.1, 0.15) is 137 Å². The molecular weight excluding hydrogens is 1410 g/mol. The maximum Gasteiger partial charge on any atom is 0.322 e. The largest absolute Gasteiger partial charge is 0.496 e.